The van der Waals surface area contributed by atoms with Gasteiger partial charge in [-0.25, -0.2) is 4.39 Å². The minimum absolute atomic E-state index is 0.0429. The SMILES string of the molecule is Cc1ccc(NC(=O)c2ccc(F)cc2O)c(C)c1. The van der Waals surface area contributed by atoms with Crippen molar-refractivity contribution in [2.45, 2.75) is 13.8 Å². The van der Waals surface area contributed by atoms with Gasteiger partial charge in [-0.3, -0.25) is 4.79 Å². The first-order chi connectivity index (χ1) is 8.97. The fourth-order valence-electron chi connectivity index (χ4n) is 1.84. The second kappa shape index (κ2) is 5.10. The fourth-order valence-corrected chi connectivity index (χ4v) is 1.84. The molecule has 0 atom stereocenters. The van der Waals surface area contributed by atoms with Crippen LogP contribution < -0.4 is 5.32 Å². The molecule has 0 fully saturated rings. The van der Waals surface area contributed by atoms with Crippen molar-refractivity contribution in [3.05, 3.63) is 58.9 Å². The zero-order valence-electron chi connectivity index (χ0n) is 10.7. The Morgan fingerprint density at radius 2 is 1.89 bits per heavy atom. The molecule has 0 aliphatic rings. The Balaban J connectivity index is 2.25. The number of hydrogen-bond donors (Lipinski definition) is 2. The van der Waals surface area contributed by atoms with E-state index in [1.807, 2.05) is 26.0 Å². The molecule has 4 heteroatoms. The van der Waals surface area contributed by atoms with Crippen molar-refractivity contribution in [3.63, 3.8) is 0 Å². The first-order valence-corrected chi connectivity index (χ1v) is 5.84. The van der Waals surface area contributed by atoms with E-state index in [9.17, 15) is 14.3 Å². The molecule has 0 heterocycles. The second-order valence-electron chi connectivity index (χ2n) is 4.43. The van der Waals surface area contributed by atoms with Crippen molar-refractivity contribution in [2.75, 3.05) is 5.32 Å². The number of benzene rings is 2. The van der Waals surface area contributed by atoms with Crippen molar-refractivity contribution in [2.24, 2.45) is 0 Å². The highest BCUT2D eigenvalue weighted by molar-refractivity contribution is 6.06. The normalized spacial score (nSPS) is 10.3. The summed E-state index contributed by atoms with van der Waals surface area (Å²) < 4.78 is 12.9. The van der Waals surface area contributed by atoms with Gasteiger partial charge < -0.3 is 10.4 Å². The number of halogens is 1. The van der Waals surface area contributed by atoms with Gasteiger partial charge in [0.15, 0.2) is 0 Å². The second-order valence-corrected chi connectivity index (χ2v) is 4.43. The molecule has 0 radical (unpaired) electrons. The van der Waals surface area contributed by atoms with E-state index in [2.05, 4.69) is 5.32 Å². The highest BCUT2D eigenvalue weighted by Crippen LogP contribution is 2.21. The summed E-state index contributed by atoms with van der Waals surface area (Å²) in [6, 6.07) is 8.92. The van der Waals surface area contributed by atoms with Crippen molar-refractivity contribution < 1.29 is 14.3 Å². The minimum Gasteiger partial charge on any atom is -0.507 e. The number of aromatic hydroxyl groups is 1. The number of phenolic OH excluding ortho intramolecular Hbond substituents is 1. The summed E-state index contributed by atoms with van der Waals surface area (Å²) >= 11 is 0. The molecule has 1 amide bonds. The number of nitrogens with one attached hydrogen (secondary N) is 1. The molecule has 0 bridgehead atoms. The number of amides is 1. The van der Waals surface area contributed by atoms with Gasteiger partial charge in [-0.1, -0.05) is 17.7 Å². The van der Waals surface area contributed by atoms with Crippen LogP contribution in [-0.2, 0) is 0 Å². The molecule has 0 aliphatic heterocycles. The molecule has 0 saturated heterocycles. The molecule has 2 aromatic rings. The number of carbonyl (C=O) groups excluding carboxylic acids is 1. The summed E-state index contributed by atoms with van der Waals surface area (Å²) in [6.45, 7) is 3.84. The third-order valence-electron chi connectivity index (χ3n) is 2.83. The van der Waals surface area contributed by atoms with Crippen molar-refractivity contribution in [3.8, 4) is 5.75 Å². The predicted octanol–water partition coefficient (Wildman–Crippen LogP) is 3.40. The van der Waals surface area contributed by atoms with Gasteiger partial charge in [-0.15, -0.1) is 0 Å². The number of carbonyl (C=O) groups is 1. The van der Waals surface area contributed by atoms with Gasteiger partial charge in [0.25, 0.3) is 5.91 Å². The maximum Gasteiger partial charge on any atom is 0.259 e. The zero-order valence-corrected chi connectivity index (χ0v) is 10.7. The van der Waals surface area contributed by atoms with Gasteiger partial charge in [0.05, 0.1) is 5.56 Å². The third-order valence-corrected chi connectivity index (χ3v) is 2.83. The third kappa shape index (κ3) is 2.91. The Labute approximate surface area is 110 Å². The van der Waals surface area contributed by atoms with E-state index in [1.165, 1.54) is 6.07 Å². The lowest BCUT2D eigenvalue weighted by molar-refractivity contribution is 0.102. The molecular weight excluding hydrogens is 245 g/mol. The molecule has 0 aliphatic carbocycles. The molecule has 0 aromatic heterocycles. The Morgan fingerprint density at radius 1 is 1.16 bits per heavy atom. The van der Waals surface area contributed by atoms with Crippen LogP contribution in [-0.4, -0.2) is 11.0 Å². The van der Waals surface area contributed by atoms with Gasteiger partial charge in [0.1, 0.15) is 11.6 Å². The lowest BCUT2D eigenvalue weighted by Crippen LogP contribution is -2.13. The van der Waals surface area contributed by atoms with Gasteiger partial charge in [0.2, 0.25) is 0 Å². The van der Waals surface area contributed by atoms with Crippen LogP contribution in [0.4, 0.5) is 10.1 Å². The number of hydrogen-bond acceptors (Lipinski definition) is 2. The van der Waals surface area contributed by atoms with Crippen LogP contribution in [0.25, 0.3) is 0 Å². The standard InChI is InChI=1S/C15H14FNO2/c1-9-3-6-13(10(2)7-9)17-15(19)12-5-4-11(16)8-14(12)18/h3-8,18H,1-2H3,(H,17,19). The molecule has 2 rings (SSSR count). The Kier molecular flexibility index (Phi) is 3.51. The number of rotatable bonds is 2. The smallest absolute Gasteiger partial charge is 0.259 e. The molecular formula is C15H14FNO2. The van der Waals surface area contributed by atoms with E-state index in [0.717, 1.165) is 23.3 Å². The first kappa shape index (κ1) is 13.1. The average Bonchev–Trinajstić information content (AvgIpc) is 2.32. The van der Waals surface area contributed by atoms with Gasteiger partial charge in [0, 0.05) is 11.8 Å². The lowest BCUT2D eigenvalue weighted by Gasteiger charge is -2.10. The van der Waals surface area contributed by atoms with Gasteiger partial charge in [-0.2, -0.15) is 0 Å². The summed E-state index contributed by atoms with van der Waals surface area (Å²) in [6.07, 6.45) is 0. The van der Waals surface area contributed by atoms with Crippen molar-refractivity contribution >= 4 is 11.6 Å². The van der Waals surface area contributed by atoms with E-state index < -0.39 is 11.7 Å². The number of phenols is 1. The van der Waals surface area contributed by atoms with Crippen LogP contribution in [0.15, 0.2) is 36.4 Å². The van der Waals surface area contributed by atoms with E-state index in [4.69, 9.17) is 0 Å². The highest BCUT2D eigenvalue weighted by Gasteiger charge is 2.12. The van der Waals surface area contributed by atoms with Crippen molar-refractivity contribution in [1.82, 2.24) is 0 Å². The molecule has 0 spiro atoms. The lowest BCUT2D eigenvalue weighted by atomic mass is 10.1. The quantitative estimate of drug-likeness (QED) is 0.868. The summed E-state index contributed by atoms with van der Waals surface area (Å²) in [5.41, 5.74) is 2.73. The Morgan fingerprint density at radius 3 is 2.53 bits per heavy atom. The molecule has 2 aromatic carbocycles. The van der Waals surface area contributed by atoms with Crippen LogP contribution in [0.3, 0.4) is 0 Å². The summed E-state index contributed by atoms with van der Waals surface area (Å²) in [5, 5.41) is 12.2. The van der Waals surface area contributed by atoms with E-state index in [-0.39, 0.29) is 11.3 Å². The molecule has 0 saturated carbocycles. The summed E-state index contributed by atoms with van der Waals surface area (Å²) in [5.74, 6) is -1.42. The molecule has 3 nitrogen and oxygen atoms in total. The topological polar surface area (TPSA) is 49.3 Å². The van der Waals surface area contributed by atoms with Crippen LogP contribution in [0.5, 0.6) is 5.75 Å². The van der Waals surface area contributed by atoms with E-state index in [1.54, 1.807) is 6.07 Å². The van der Waals surface area contributed by atoms with E-state index >= 15 is 0 Å². The molecule has 19 heavy (non-hydrogen) atoms. The van der Waals surface area contributed by atoms with E-state index in [0.29, 0.717) is 5.69 Å². The maximum absolute atomic E-state index is 12.9. The fraction of sp³-hybridized carbons (Fsp3) is 0.133. The van der Waals surface area contributed by atoms with Crippen molar-refractivity contribution in [1.29, 1.82) is 0 Å². The van der Waals surface area contributed by atoms with Gasteiger partial charge in [-0.05, 0) is 37.6 Å². The van der Waals surface area contributed by atoms with Crippen LogP contribution in [0.1, 0.15) is 21.5 Å². The average molecular weight is 259 g/mol. The number of anilines is 1. The largest absolute Gasteiger partial charge is 0.507 e. The van der Waals surface area contributed by atoms with Crippen LogP contribution in [0, 0.1) is 19.7 Å². The van der Waals surface area contributed by atoms with Crippen LogP contribution in [0.2, 0.25) is 0 Å². The maximum atomic E-state index is 12.9. The highest BCUT2D eigenvalue weighted by atomic mass is 19.1. The monoisotopic (exact) mass is 259 g/mol. The summed E-state index contributed by atoms with van der Waals surface area (Å²) in [7, 11) is 0. The Bertz CT molecular complexity index is 638. The molecule has 98 valence electrons. The van der Waals surface area contributed by atoms with Gasteiger partial charge >= 0.3 is 0 Å². The molecule has 2 N–H and O–H groups in total. The number of aryl methyl sites for hydroxylation is 2. The predicted molar refractivity (Wildman–Crippen MR) is 71.9 cm³/mol. The first-order valence-electron chi connectivity index (χ1n) is 5.84. The molecule has 0 unspecified atom stereocenters. The summed E-state index contributed by atoms with van der Waals surface area (Å²) in [4.78, 5) is 12.0. The van der Waals surface area contributed by atoms with Crippen LogP contribution >= 0.6 is 0 Å². The minimum atomic E-state index is -0.583. The zero-order chi connectivity index (χ0) is 14.0. The Hall–Kier alpha value is -2.36.